The number of carbonyl (C=O) groups is 1. The molecular formula is C29H30F2N7O3P. The molecule has 0 spiro atoms. The largest absolute Gasteiger partial charge is 0.398 e. The van der Waals surface area contributed by atoms with Gasteiger partial charge in [0.1, 0.15) is 29.9 Å². The van der Waals surface area contributed by atoms with E-state index < -0.39 is 30.2 Å². The Morgan fingerprint density at radius 1 is 1.17 bits per heavy atom. The number of aryl methyl sites for hydroxylation is 1. The minimum atomic E-state index is -3.05. The molecule has 4 aromatic rings. The number of piperazine rings is 1. The quantitative estimate of drug-likeness (QED) is 0.212. The number of carbonyl (C=O) groups excluding carboxylic acids is 1. The molecule has 3 aromatic heterocycles. The van der Waals surface area contributed by atoms with E-state index in [1.165, 1.54) is 37.7 Å². The molecule has 13 heteroatoms. The maximum atomic E-state index is 15.9. The Hall–Kier alpha value is -4.44. The average Bonchev–Trinajstić information content (AvgIpc) is 2.92. The first-order valence-corrected chi connectivity index (χ1v) is 15.8. The first kappa shape index (κ1) is 29.1. The fourth-order valence-electron chi connectivity index (χ4n) is 5.30. The molecule has 0 saturated carbocycles. The van der Waals surface area contributed by atoms with Crippen LogP contribution in [0.5, 0.6) is 0 Å². The van der Waals surface area contributed by atoms with Crippen molar-refractivity contribution in [3.8, 4) is 16.9 Å². The predicted molar refractivity (Wildman–Crippen MR) is 160 cm³/mol. The Labute approximate surface area is 240 Å². The number of nitrogen functional groups attached to an aromatic ring is 1. The van der Waals surface area contributed by atoms with Gasteiger partial charge in [0.15, 0.2) is 11.5 Å². The molecule has 0 aliphatic carbocycles. The van der Waals surface area contributed by atoms with Gasteiger partial charge in [0.2, 0.25) is 5.91 Å². The summed E-state index contributed by atoms with van der Waals surface area (Å²) in [6.07, 6.45) is 2.73. The predicted octanol–water partition coefficient (Wildman–Crippen LogP) is 3.48. The smallest absolute Gasteiger partial charge is 0.355 e. The number of halogens is 2. The third-order valence-electron chi connectivity index (χ3n) is 7.31. The molecule has 5 rings (SSSR count). The van der Waals surface area contributed by atoms with Gasteiger partial charge >= 0.3 is 5.69 Å². The maximum absolute atomic E-state index is 15.9. The fourth-order valence-corrected chi connectivity index (χ4v) is 6.43. The fraction of sp³-hybridized carbons (Fsp3) is 0.276. The van der Waals surface area contributed by atoms with Gasteiger partial charge in [0.05, 0.1) is 16.6 Å². The molecule has 1 fully saturated rings. The zero-order valence-electron chi connectivity index (χ0n) is 23.6. The molecule has 0 unspecified atom stereocenters. The van der Waals surface area contributed by atoms with Crippen LogP contribution in [0, 0.1) is 18.6 Å². The minimum absolute atomic E-state index is 0.0355. The zero-order valence-corrected chi connectivity index (χ0v) is 24.5. The summed E-state index contributed by atoms with van der Waals surface area (Å²) in [5.41, 5.74) is 5.50. The molecule has 1 amide bonds. The van der Waals surface area contributed by atoms with E-state index in [-0.39, 0.29) is 51.2 Å². The van der Waals surface area contributed by atoms with Crippen molar-refractivity contribution >= 4 is 41.0 Å². The summed E-state index contributed by atoms with van der Waals surface area (Å²) in [4.78, 5) is 42.8. The Morgan fingerprint density at radius 3 is 2.55 bits per heavy atom. The lowest BCUT2D eigenvalue weighted by atomic mass is 10.1. The van der Waals surface area contributed by atoms with E-state index in [9.17, 15) is 18.5 Å². The van der Waals surface area contributed by atoms with Gasteiger partial charge < -0.3 is 20.1 Å². The van der Waals surface area contributed by atoms with Gasteiger partial charge in [0, 0.05) is 37.6 Å². The van der Waals surface area contributed by atoms with E-state index in [1.807, 2.05) is 6.92 Å². The van der Waals surface area contributed by atoms with E-state index in [2.05, 4.69) is 21.5 Å². The summed E-state index contributed by atoms with van der Waals surface area (Å²) in [5, 5.41) is 0.164. The normalized spacial score (nSPS) is 15.7. The number of benzene rings is 1. The van der Waals surface area contributed by atoms with Crippen LogP contribution in [0.3, 0.4) is 0 Å². The lowest BCUT2D eigenvalue weighted by Crippen LogP contribution is -2.54. The molecule has 0 radical (unpaired) electrons. The van der Waals surface area contributed by atoms with E-state index in [4.69, 9.17) is 5.73 Å². The van der Waals surface area contributed by atoms with Gasteiger partial charge in [-0.05, 0) is 63.1 Å². The van der Waals surface area contributed by atoms with Crippen molar-refractivity contribution in [2.75, 3.05) is 43.6 Å². The average molecular weight is 594 g/mol. The second kappa shape index (κ2) is 10.8. The first-order valence-electron chi connectivity index (χ1n) is 13.2. The topological polar surface area (TPSA) is 127 Å². The van der Waals surface area contributed by atoms with Gasteiger partial charge in [-0.15, -0.1) is 0 Å². The van der Waals surface area contributed by atoms with Crippen LogP contribution in [0.25, 0.3) is 28.0 Å². The van der Waals surface area contributed by atoms with Crippen molar-refractivity contribution in [3.63, 3.8) is 0 Å². The SMILES string of the molecule is C=CC(=O)N1CCN(c2nc(=O)n(-c3c(C)ccnc3P(C)(C)=O)c3nc(-c4c(N)cccc4F)c(F)cc23)[C@@H](C)C1. The van der Waals surface area contributed by atoms with Crippen LogP contribution in [-0.4, -0.2) is 69.3 Å². The minimum Gasteiger partial charge on any atom is -0.398 e. The first-order chi connectivity index (χ1) is 19.8. The monoisotopic (exact) mass is 593 g/mol. The molecular weight excluding hydrogens is 563 g/mol. The molecule has 0 bridgehead atoms. The summed E-state index contributed by atoms with van der Waals surface area (Å²) in [7, 11) is -3.05. The van der Waals surface area contributed by atoms with Crippen LogP contribution < -0.4 is 21.8 Å². The zero-order chi connectivity index (χ0) is 30.5. The Kier molecular flexibility index (Phi) is 7.44. The van der Waals surface area contributed by atoms with Crippen LogP contribution in [-0.2, 0) is 9.36 Å². The molecule has 1 saturated heterocycles. The van der Waals surface area contributed by atoms with Crippen molar-refractivity contribution in [2.45, 2.75) is 19.9 Å². The van der Waals surface area contributed by atoms with E-state index in [0.29, 0.717) is 25.2 Å². The van der Waals surface area contributed by atoms with Crippen molar-refractivity contribution in [2.24, 2.45) is 0 Å². The van der Waals surface area contributed by atoms with Crippen molar-refractivity contribution in [3.05, 3.63) is 76.9 Å². The van der Waals surface area contributed by atoms with Crippen molar-refractivity contribution < 1.29 is 18.1 Å². The number of pyridine rings is 2. The number of aromatic nitrogens is 4. The Balaban J connectivity index is 1.86. The maximum Gasteiger partial charge on any atom is 0.355 e. The third kappa shape index (κ3) is 4.96. The molecule has 1 aliphatic rings. The van der Waals surface area contributed by atoms with Gasteiger partial charge in [0.25, 0.3) is 0 Å². The molecule has 42 heavy (non-hydrogen) atoms. The van der Waals surface area contributed by atoms with Crippen molar-refractivity contribution in [1.29, 1.82) is 0 Å². The highest BCUT2D eigenvalue weighted by Crippen LogP contribution is 2.38. The number of nitrogens with two attached hydrogens (primary N) is 1. The van der Waals surface area contributed by atoms with E-state index in [0.717, 1.165) is 16.7 Å². The Bertz CT molecular complexity index is 1850. The van der Waals surface area contributed by atoms with Crippen LogP contribution in [0.1, 0.15) is 12.5 Å². The highest BCUT2D eigenvalue weighted by atomic mass is 31.2. The lowest BCUT2D eigenvalue weighted by molar-refractivity contribution is -0.126. The summed E-state index contributed by atoms with van der Waals surface area (Å²) in [6, 6.07) is 6.46. The van der Waals surface area contributed by atoms with Crippen LogP contribution in [0.4, 0.5) is 20.3 Å². The van der Waals surface area contributed by atoms with Gasteiger partial charge in [-0.2, -0.15) is 4.98 Å². The molecule has 10 nitrogen and oxygen atoms in total. The summed E-state index contributed by atoms with van der Waals surface area (Å²) in [5.74, 6) is -1.73. The number of nitrogens with zero attached hydrogens (tertiary/aromatic N) is 6. The molecule has 2 N–H and O–H groups in total. The molecule has 1 aliphatic heterocycles. The number of hydrogen-bond acceptors (Lipinski definition) is 8. The van der Waals surface area contributed by atoms with E-state index >= 15 is 4.39 Å². The number of rotatable bonds is 5. The number of amides is 1. The van der Waals surface area contributed by atoms with Crippen LogP contribution in [0.15, 0.2) is 54.0 Å². The molecule has 1 atom stereocenters. The Morgan fingerprint density at radius 2 is 1.90 bits per heavy atom. The number of fused-ring (bicyclic) bond motifs is 1. The van der Waals surface area contributed by atoms with Gasteiger partial charge in [-0.25, -0.2) is 23.1 Å². The van der Waals surface area contributed by atoms with Gasteiger partial charge in [-0.3, -0.25) is 9.78 Å². The number of hydrogen-bond donors (Lipinski definition) is 1. The standard InChI is InChI=1S/C29H30F2N7O3P/c1-6-22(39)36-12-13-37(17(3)15-36)26-18-14-20(31)24(23-19(30)8-7-9-21(23)32)34-27(18)38(29(40)35-26)25-16(2)10-11-33-28(25)42(4,5)41/h6-11,14,17H,1,12-13,15,32H2,2-5H3/t17-/m0/s1. The summed E-state index contributed by atoms with van der Waals surface area (Å²) < 4.78 is 45.3. The second-order valence-electron chi connectivity index (χ2n) is 10.6. The van der Waals surface area contributed by atoms with Gasteiger partial charge in [-0.1, -0.05) is 12.6 Å². The third-order valence-corrected chi connectivity index (χ3v) is 8.66. The number of anilines is 2. The lowest BCUT2D eigenvalue weighted by Gasteiger charge is -2.40. The highest BCUT2D eigenvalue weighted by Gasteiger charge is 2.31. The summed E-state index contributed by atoms with van der Waals surface area (Å²) >= 11 is 0. The van der Waals surface area contributed by atoms with E-state index in [1.54, 1.807) is 22.8 Å². The molecule has 218 valence electrons. The van der Waals surface area contributed by atoms with Crippen LogP contribution >= 0.6 is 7.14 Å². The molecule has 1 aromatic carbocycles. The second-order valence-corrected chi connectivity index (χ2v) is 13.8. The molecule has 4 heterocycles. The highest BCUT2D eigenvalue weighted by molar-refractivity contribution is 7.70. The van der Waals surface area contributed by atoms with Crippen molar-refractivity contribution in [1.82, 2.24) is 24.4 Å². The van der Waals surface area contributed by atoms with Crippen LogP contribution in [0.2, 0.25) is 0 Å². The summed E-state index contributed by atoms with van der Waals surface area (Å²) in [6.45, 7) is 11.1.